The fourth-order valence-corrected chi connectivity index (χ4v) is 5.84. The Labute approximate surface area is 240 Å². The molecule has 2 aliphatic rings. The van der Waals surface area contributed by atoms with Gasteiger partial charge in [-0.15, -0.1) is 0 Å². The van der Waals surface area contributed by atoms with Crippen LogP contribution in [0.2, 0.25) is 5.02 Å². The number of ketones is 1. The minimum absolute atomic E-state index is 0.0679. The number of nitrogens with one attached hydrogen (secondary N) is 1. The summed E-state index contributed by atoms with van der Waals surface area (Å²) < 4.78 is 16.0. The summed E-state index contributed by atoms with van der Waals surface area (Å²) in [7, 11) is 0. The number of alkyl halides is 1. The summed E-state index contributed by atoms with van der Waals surface area (Å²) in [4.78, 5) is 48.8. The Morgan fingerprint density at radius 1 is 1.07 bits per heavy atom. The maximum absolute atomic E-state index is 14.6. The number of halogens is 2. The SMILES string of the molecule is CC(=O)c1nn(CC(=O)N2C[C@H](F)C[C@H]2C(=O)N[C@@H]2CC2c2ccccc2Cl)c2ccc(-c3cnc(C)nc3)cc12. The molecule has 1 aliphatic carbocycles. The summed E-state index contributed by atoms with van der Waals surface area (Å²) in [5.74, 6) is -0.334. The smallest absolute Gasteiger partial charge is 0.245 e. The Bertz CT molecular complexity index is 1670. The number of aromatic nitrogens is 4. The van der Waals surface area contributed by atoms with E-state index in [0.717, 1.165) is 23.1 Å². The molecule has 4 aromatic rings. The maximum Gasteiger partial charge on any atom is 0.245 e. The molecule has 6 rings (SSSR count). The van der Waals surface area contributed by atoms with Crippen molar-refractivity contribution in [2.45, 2.75) is 57.4 Å². The maximum atomic E-state index is 14.6. The number of Topliss-reactive ketones (excluding diaryl/α,β-unsaturated/α-hetero) is 1. The van der Waals surface area contributed by atoms with Gasteiger partial charge in [0, 0.05) is 53.7 Å². The highest BCUT2D eigenvalue weighted by atomic mass is 35.5. The Morgan fingerprint density at radius 3 is 2.56 bits per heavy atom. The molecule has 9 nitrogen and oxygen atoms in total. The molecule has 2 aromatic heterocycles. The normalized spacial score (nSPS) is 21.7. The summed E-state index contributed by atoms with van der Waals surface area (Å²) in [5.41, 5.74) is 3.35. The third-order valence-electron chi connectivity index (χ3n) is 7.78. The molecule has 2 fully saturated rings. The van der Waals surface area contributed by atoms with Crippen LogP contribution in [-0.2, 0) is 16.1 Å². The summed E-state index contributed by atoms with van der Waals surface area (Å²) in [6.07, 6.45) is 2.76. The molecule has 1 saturated carbocycles. The highest BCUT2D eigenvalue weighted by molar-refractivity contribution is 6.31. The Balaban J connectivity index is 1.20. The topological polar surface area (TPSA) is 110 Å². The molecule has 1 aliphatic heterocycles. The third kappa shape index (κ3) is 5.31. The van der Waals surface area contributed by atoms with E-state index in [0.29, 0.717) is 21.7 Å². The molecule has 2 aromatic carbocycles. The van der Waals surface area contributed by atoms with Gasteiger partial charge in [0.15, 0.2) is 5.78 Å². The number of likely N-dealkylation sites (tertiary alicyclic amines) is 1. The van der Waals surface area contributed by atoms with Crippen molar-refractivity contribution in [2.75, 3.05) is 6.54 Å². The van der Waals surface area contributed by atoms with Crippen molar-refractivity contribution in [1.29, 1.82) is 0 Å². The van der Waals surface area contributed by atoms with Gasteiger partial charge in [-0.1, -0.05) is 35.9 Å². The van der Waals surface area contributed by atoms with Crippen molar-refractivity contribution in [2.24, 2.45) is 0 Å². The Hall–Kier alpha value is -4.18. The minimum atomic E-state index is -1.31. The number of carbonyl (C=O) groups excluding carboxylic acids is 3. The lowest BCUT2D eigenvalue weighted by Crippen LogP contribution is -2.47. The number of nitrogens with zero attached hydrogens (tertiary/aromatic N) is 5. The highest BCUT2D eigenvalue weighted by Crippen LogP contribution is 2.43. The number of amides is 2. The Kier molecular flexibility index (Phi) is 7.03. The van der Waals surface area contributed by atoms with Gasteiger partial charge in [-0.25, -0.2) is 14.4 Å². The van der Waals surface area contributed by atoms with Crippen molar-refractivity contribution < 1.29 is 18.8 Å². The standard InChI is InChI=1S/C30H28ClFN6O3/c1-16(39)29-23-9-18(19-12-33-17(2)34-13-19)7-8-26(23)38(36-29)15-28(40)37-14-20(32)10-27(37)30(41)35-25-11-22(25)21-5-3-4-6-24(21)31/h3-9,12-13,20,22,25,27H,10-11,14-15H2,1-2H3,(H,35,41)/t20-,22?,25-,27+/m1/s1. The van der Waals surface area contributed by atoms with Gasteiger partial charge >= 0.3 is 0 Å². The first kappa shape index (κ1) is 27.0. The zero-order valence-electron chi connectivity index (χ0n) is 22.6. The van der Waals surface area contributed by atoms with Crippen LogP contribution < -0.4 is 5.32 Å². The molecule has 11 heteroatoms. The van der Waals surface area contributed by atoms with Crippen LogP contribution in [0.25, 0.3) is 22.0 Å². The van der Waals surface area contributed by atoms with E-state index in [9.17, 15) is 18.8 Å². The molecular formula is C30H28ClFN6O3. The summed E-state index contributed by atoms with van der Waals surface area (Å²) in [5, 5.41) is 8.64. The first-order chi connectivity index (χ1) is 19.7. The van der Waals surface area contributed by atoms with Gasteiger partial charge in [0.1, 0.15) is 30.3 Å². The van der Waals surface area contributed by atoms with Gasteiger partial charge in [0.25, 0.3) is 0 Å². The molecule has 210 valence electrons. The number of benzene rings is 2. The zero-order valence-corrected chi connectivity index (χ0v) is 23.3. The fourth-order valence-electron chi connectivity index (χ4n) is 5.56. The van der Waals surface area contributed by atoms with Crippen molar-refractivity contribution in [3.05, 3.63) is 77.0 Å². The molecule has 2 amide bonds. The first-order valence-corrected chi connectivity index (χ1v) is 13.9. The average Bonchev–Trinajstić information content (AvgIpc) is 3.43. The molecule has 3 heterocycles. The minimum Gasteiger partial charge on any atom is -0.351 e. The quantitative estimate of drug-likeness (QED) is 0.330. The summed E-state index contributed by atoms with van der Waals surface area (Å²) in [6.45, 7) is 2.80. The van der Waals surface area contributed by atoms with Gasteiger partial charge < -0.3 is 10.2 Å². The lowest BCUT2D eigenvalue weighted by atomic mass is 10.0. The van der Waals surface area contributed by atoms with Crippen LogP contribution in [0.5, 0.6) is 0 Å². The Morgan fingerprint density at radius 2 is 1.83 bits per heavy atom. The summed E-state index contributed by atoms with van der Waals surface area (Å²) in [6, 6.07) is 11.9. The largest absolute Gasteiger partial charge is 0.351 e. The first-order valence-electron chi connectivity index (χ1n) is 13.5. The molecule has 4 atom stereocenters. The van der Waals surface area contributed by atoms with E-state index in [4.69, 9.17) is 11.6 Å². The van der Waals surface area contributed by atoms with Crippen LogP contribution in [0.1, 0.15) is 47.6 Å². The molecule has 0 radical (unpaired) electrons. The van der Waals surface area contributed by atoms with Crippen molar-refractivity contribution >= 4 is 40.1 Å². The van der Waals surface area contributed by atoms with E-state index >= 15 is 0 Å². The molecule has 1 N–H and O–H groups in total. The number of carbonyl (C=O) groups is 3. The molecule has 1 unspecified atom stereocenters. The second-order valence-electron chi connectivity index (χ2n) is 10.7. The van der Waals surface area contributed by atoms with Crippen LogP contribution >= 0.6 is 11.6 Å². The van der Waals surface area contributed by atoms with E-state index in [-0.39, 0.29) is 48.9 Å². The number of hydrogen-bond donors (Lipinski definition) is 1. The zero-order chi connectivity index (χ0) is 28.8. The van der Waals surface area contributed by atoms with E-state index in [1.807, 2.05) is 36.4 Å². The number of rotatable bonds is 7. The van der Waals surface area contributed by atoms with Crippen molar-refractivity contribution in [3.8, 4) is 11.1 Å². The predicted octanol–water partition coefficient (Wildman–Crippen LogP) is 4.27. The van der Waals surface area contributed by atoms with Gasteiger partial charge in [0.05, 0.1) is 12.1 Å². The van der Waals surface area contributed by atoms with Crippen molar-refractivity contribution in [1.82, 2.24) is 30.0 Å². The lowest BCUT2D eigenvalue weighted by Gasteiger charge is -2.24. The van der Waals surface area contributed by atoms with Crippen LogP contribution in [0.4, 0.5) is 4.39 Å². The lowest BCUT2D eigenvalue weighted by molar-refractivity contribution is -0.139. The second-order valence-corrected chi connectivity index (χ2v) is 11.1. The number of fused-ring (bicyclic) bond motifs is 1. The van der Waals surface area contributed by atoms with Crippen LogP contribution in [0.15, 0.2) is 54.9 Å². The molecule has 41 heavy (non-hydrogen) atoms. The third-order valence-corrected chi connectivity index (χ3v) is 8.12. The highest BCUT2D eigenvalue weighted by Gasteiger charge is 2.45. The number of hydrogen-bond acceptors (Lipinski definition) is 6. The molecule has 0 spiro atoms. The summed E-state index contributed by atoms with van der Waals surface area (Å²) >= 11 is 6.31. The van der Waals surface area contributed by atoms with E-state index in [1.54, 1.807) is 25.4 Å². The van der Waals surface area contributed by atoms with E-state index in [1.165, 1.54) is 16.5 Å². The molecular weight excluding hydrogens is 547 g/mol. The average molecular weight is 575 g/mol. The number of aryl methyl sites for hydroxylation is 1. The monoisotopic (exact) mass is 574 g/mol. The predicted molar refractivity (Wildman–Crippen MR) is 151 cm³/mol. The molecule has 0 bridgehead atoms. The van der Waals surface area contributed by atoms with E-state index < -0.39 is 18.1 Å². The molecule has 1 saturated heterocycles. The fraction of sp³-hybridized carbons (Fsp3) is 0.333. The second kappa shape index (κ2) is 10.7. The van der Waals surface area contributed by atoms with Crippen LogP contribution in [0.3, 0.4) is 0 Å². The van der Waals surface area contributed by atoms with E-state index in [2.05, 4.69) is 20.4 Å². The van der Waals surface area contributed by atoms with Gasteiger partial charge in [-0.2, -0.15) is 5.10 Å². The van der Waals surface area contributed by atoms with Crippen molar-refractivity contribution in [3.63, 3.8) is 0 Å². The van der Waals surface area contributed by atoms with Gasteiger partial charge in [-0.05, 0) is 42.7 Å². The van der Waals surface area contributed by atoms with Gasteiger partial charge in [0.2, 0.25) is 11.8 Å². The van der Waals surface area contributed by atoms with Gasteiger partial charge in [-0.3, -0.25) is 19.1 Å². The van der Waals surface area contributed by atoms with Crippen LogP contribution in [-0.4, -0.2) is 67.0 Å². The van der Waals surface area contributed by atoms with Crippen LogP contribution in [0, 0.1) is 6.92 Å².